The lowest BCUT2D eigenvalue weighted by Crippen LogP contribution is -1.98. The normalized spacial score (nSPS) is 10.3. The summed E-state index contributed by atoms with van der Waals surface area (Å²) >= 11 is 1.61. The summed E-state index contributed by atoms with van der Waals surface area (Å²) in [7, 11) is 0. The van der Waals surface area contributed by atoms with E-state index in [1.807, 2.05) is 13.1 Å². The Labute approximate surface area is 91.8 Å². The van der Waals surface area contributed by atoms with Gasteiger partial charge >= 0.3 is 0 Å². The summed E-state index contributed by atoms with van der Waals surface area (Å²) in [6.45, 7) is 2.69. The van der Waals surface area contributed by atoms with Gasteiger partial charge in [-0.2, -0.15) is 0 Å². The molecule has 2 rings (SSSR count). The molecule has 1 heterocycles. The van der Waals surface area contributed by atoms with Gasteiger partial charge in [0.05, 0.1) is 0 Å². The maximum absolute atomic E-state index is 12.6. The van der Waals surface area contributed by atoms with E-state index in [0.717, 1.165) is 10.7 Å². The fraction of sp³-hybridized carbons (Fsp3) is 0.182. The van der Waals surface area contributed by atoms with Crippen LogP contribution in [0.4, 0.5) is 9.52 Å². The summed E-state index contributed by atoms with van der Waals surface area (Å²) in [5, 5.41) is 4.09. The SMILES string of the molecule is Cc1cnc(NCc2ccc(F)cc2)s1. The second-order valence-corrected chi connectivity index (χ2v) is 4.49. The maximum Gasteiger partial charge on any atom is 0.183 e. The van der Waals surface area contributed by atoms with Crippen molar-refractivity contribution in [1.29, 1.82) is 0 Å². The number of anilines is 1. The first-order chi connectivity index (χ1) is 7.24. The van der Waals surface area contributed by atoms with Crippen LogP contribution in [0.25, 0.3) is 0 Å². The van der Waals surface area contributed by atoms with Crippen molar-refractivity contribution in [3.63, 3.8) is 0 Å². The molecule has 78 valence electrons. The molecule has 0 aliphatic heterocycles. The highest BCUT2D eigenvalue weighted by molar-refractivity contribution is 7.15. The molecule has 2 aromatic rings. The summed E-state index contributed by atoms with van der Waals surface area (Å²) in [6, 6.07) is 6.46. The first kappa shape index (κ1) is 10.1. The van der Waals surface area contributed by atoms with Gasteiger partial charge in [-0.15, -0.1) is 11.3 Å². The van der Waals surface area contributed by atoms with Crippen LogP contribution in [0.2, 0.25) is 0 Å². The first-order valence-corrected chi connectivity index (χ1v) is 5.46. The predicted molar refractivity (Wildman–Crippen MR) is 60.6 cm³/mol. The highest BCUT2D eigenvalue weighted by Crippen LogP contribution is 2.17. The predicted octanol–water partition coefficient (Wildman–Crippen LogP) is 3.20. The van der Waals surface area contributed by atoms with E-state index in [1.54, 1.807) is 23.5 Å². The molecule has 1 aromatic carbocycles. The minimum Gasteiger partial charge on any atom is -0.357 e. The molecular formula is C11H11FN2S. The second kappa shape index (κ2) is 4.40. The van der Waals surface area contributed by atoms with Crippen molar-refractivity contribution in [1.82, 2.24) is 4.98 Å². The van der Waals surface area contributed by atoms with Crippen LogP contribution in [-0.4, -0.2) is 4.98 Å². The van der Waals surface area contributed by atoms with E-state index in [4.69, 9.17) is 0 Å². The molecule has 0 saturated heterocycles. The maximum atomic E-state index is 12.6. The van der Waals surface area contributed by atoms with Crippen LogP contribution in [0.15, 0.2) is 30.5 Å². The Hall–Kier alpha value is -1.42. The van der Waals surface area contributed by atoms with E-state index >= 15 is 0 Å². The average molecular weight is 222 g/mol. The van der Waals surface area contributed by atoms with Crippen molar-refractivity contribution in [3.8, 4) is 0 Å². The van der Waals surface area contributed by atoms with Gasteiger partial charge in [-0.25, -0.2) is 9.37 Å². The zero-order valence-electron chi connectivity index (χ0n) is 8.33. The standard InChI is InChI=1S/C11H11FN2S/c1-8-6-13-11(15-8)14-7-9-2-4-10(12)5-3-9/h2-6H,7H2,1H3,(H,13,14). The second-order valence-electron chi connectivity index (χ2n) is 3.26. The average Bonchev–Trinajstić information content (AvgIpc) is 2.64. The van der Waals surface area contributed by atoms with Gasteiger partial charge in [0.25, 0.3) is 0 Å². The number of nitrogens with one attached hydrogen (secondary N) is 1. The third kappa shape index (κ3) is 2.76. The zero-order valence-corrected chi connectivity index (χ0v) is 9.14. The highest BCUT2D eigenvalue weighted by Gasteiger charge is 1.98. The number of nitrogens with zero attached hydrogens (tertiary/aromatic N) is 1. The van der Waals surface area contributed by atoms with Crippen LogP contribution in [0, 0.1) is 12.7 Å². The van der Waals surface area contributed by atoms with E-state index in [0.29, 0.717) is 6.54 Å². The number of halogens is 1. The van der Waals surface area contributed by atoms with Crippen LogP contribution in [0.5, 0.6) is 0 Å². The lowest BCUT2D eigenvalue weighted by atomic mass is 10.2. The number of hydrogen-bond donors (Lipinski definition) is 1. The number of aromatic nitrogens is 1. The third-order valence-electron chi connectivity index (χ3n) is 1.98. The van der Waals surface area contributed by atoms with Gasteiger partial charge in [-0.1, -0.05) is 12.1 Å². The Kier molecular flexibility index (Phi) is 2.97. The van der Waals surface area contributed by atoms with E-state index in [1.165, 1.54) is 17.0 Å². The van der Waals surface area contributed by atoms with Crippen LogP contribution >= 0.6 is 11.3 Å². The van der Waals surface area contributed by atoms with Crippen LogP contribution in [0.1, 0.15) is 10.4 Å². The number of benzene rings is 1. The molecule has 1 aromatic heterocycles. The Bertz CT molecular complexity index is 436. The number of rotatable bonds is 3. The van der Waals surface area contributed by atoms with Gasteiger partial charge in [0.15, 0.2) is 5.13 Å². The van der Waals surface area contributed by atoms with Crippen molar-refractivity contribution >= 4 is 16.5 Å². The third-order valence-corrected chi connectivity index (χ3v) is 2.85. The molecule has 0 aliphatic carbocycles. The van der Waals surface area contributed by atoms with Crippen molar-refractivity contribution in [2.45, 2.75) is 13.5 Å². The van der Waals surface area contributed by atoms with E-state index in [9.17, 15) is 4.39 Å². The number of aryl methyl sites for hydroxylation is 1. The minimum atomic E-state index is -0.205. The van der Waals surface area contributed by atoms with Crippen molar-refractivity contribution < 1.29 is 4.39 Å². The van der Waals surface area contributed by atoms with Gasteiger partial charge in [0, 0.05) is 17.6 Å². The lowest BCUT2D eigenvalue weighted by molar-refractivity contribution is 0.627. The van der Waals surface area contributed by atoms with Crippen LogP contribution < -0.4 is 5.32 Å². The molecule has 0 saturated carbocycles. The minimum absolute atomic E-state index is 0.205. The molecule has 2 nitrogen and oxygen atoms in total. The number of thiazole rings is 1. The Morgan fingerprint density at radius 2 is 2.07 bits per heavy atom. The molecule has 0 spiro atoms. The molecule has 0 aliphatic rings. The Morgan fingerprint density at radius 3 is 2.67 bits per heavy atom. The summed E-state index contributed by atoms with van der Waals surface area (Å²) in [4.78, 5) is 5.36. The summed E-state index contributed by atoms with van der Waals surface area (Å²) < 4.78 is 12.6. The van der Waals surface area contributed by atoms with Crippen molar-refractivity contribution in [2.75, 3.05) is 5.32 Å². The van der Waals surface area contributed by atoms with Gasteiger partial charge in [0.1, 0.15) is 5.82 Å². The smallest absolute Gasteiger partial charge is 0.183 e. The molecule has 0 amide bonds. The quantitative estimate of drug-likeness (QED) is 0.862. The van der Waals surface area contributed by atoms with Gasteiger partial charge in [-0.3, -0.25) is 0 Å². The fourth-order valence-corrected chi connectivity index (χ4v) is 1.88. The Balaban J connectivity index is 1.96. The van der Waals surface area contributed by atoms with Crippen molar-refractivity contribution in [2.24, 2.45) is 0 Å². The molecule has 15 heavy (non-hydrogen) atoms. The summed E-state index contributed by atoms with van der Waals surface area (Å²) in [5.74, 6) is -0.205. The Morgan fingerprint density at radius 1 is 1.33 bits per heavy atom. The van der Waals surface area contributed by atoms with Gasteiger partial charge in [-0.05, 0) is 24.6 Å². The van der Waals surface area contributed by atoms with E-state index in [2.05, 4.69) is 10.3 Å². The summed E-state index contributed by atoms with van der Waals surface area (Å²) in [6.07, 6.45) is 1.83. The number of hydrogen-bond acceptors (Lipinski definition) is 3. The topological polar surface area (TPSA) is 24.9 Å². The summed E-state index contributed by atoms with van der Waals surface area (Å²) in [5.41, 5.74) is 1.05. The zero-order chi connectivity index (χ0) is 10.7. The van der Waals surface area contributed by atoms with Crippen LogP contribution in [0.3, 0.4) is 0 Å². The molecule has 0 unspecified atom stereocenters. The molecule has 0 radical (unpaired) electrons. The molecular weight excluding hydrogens is 211 g/mol. The van der Waals surface area contributed by atoms with Crippen molar-refractivity contribution in [3.05, 3.63) is 46.7 Å². The fourth-order valence-electron chi connectivity index (χ4n) is 1.22. The highest BCUT2D eigenvalue weighted by atomic mass is 32.1. The van der Waals surface area contributed by atoms with Gasteiger partial charge in [0.2, 0.25) is 0 Å². The van der Waals surface area contributed by atoms with Gasteiger partial charge < -0.3 is 5.32 Å². The molecule has 0 fully saturated rings. The lowest BCUT2D eigenvalue weighted by Gasteiger charge is -2.02. The molecule has 4 heteroatoms. The molecule has 1 N–H and O–H groups in total. The van der Waals surface area contributed by atoms with Crippen LogP contribution in [-0.2, 0) is 6.54 Å². The monoisotopic (exact) mass is 222 g/mol. The largest absolute Gasteiger partial charge is 0.357 e. The molecule has 0 atom stereocenters. The molecule has 0 bridgehead atoms. The first-order valence-electron chi connectivity index (χ1n) is 4.65. The van der Waals surface area contributed by atoms with E-state index < -0.39 is 0 Å². The van der Waals surface area contributed by atoms with E-state index in [-0.39, 0.29) is 5.82 Å².